The molecule has 0 fully saturated rings. The van der Waals surface area contributed by atoms with Crippen LogP contribution in [-0.4, -0.2) is 96.7 Å². The lowest BCUT2D eigenvalue weighted by atomic mass is 9.99. The second kappa shape index (κ2) is 78.0. The Labute approximate surface area is 658 Å². The fourth-order valence-electron chi connectivity index (χ4n) is 13.7. The monoisotopic (exact) mass is 1560 g/mol. The molecule has 6 atom stereocenters. The van der Waals surface area contributed by atoms with Gasteiger partial charge in [-0.2, -0.15) is 0 Å². The van der Waals surface area contributed by atoms with Gasteiger partial charge in [-0.25, -0.2) is 9.13 Å². The van der Waals surface area contributed by atoms with Gasteiger partial charge in [-0.3, -0.25) is 37.3 Å². The van der Waals surface area contributed by atoms with E-state index in [4.69, 9.17) is 37.0 Å². The summed E-state index contributed by atoms with van der Waals surface area (Å²) in [6.07, 6.45) is 69.7. The Kier molecular flexibility index (Phi) is 76.6. The van der Waals surface area contributed by atoms with Crippen molar-refractivity contribution < 1.29 is 80.2 Å². The van der Waals surface area contributed by atoms with Crippen LogP contribution in [0.25, 0.3) is 0 Å². The normalized spacial score (nSPS) is 14.1. The van der Waals surface area contributed by atoms with Crippen LogP contribution in [0.2, 0.25) is 0 Å². The first-order valence-electron chi connectivity index (χ1n) is 45.4. The number of aliphatic hydroxyl groups is 1. The zero-order valence-corrected chi connectivity index (χ0v) is 72.4. The molecular weight excluding hydrogens is 1390 g/mol. The highest BCUT2D eigenvalue weighted by Crippen LogP contribution is 2.45. The maximum Gasteiger partial charge on any atom is 0.472 e. The molecule has 0 aromatic carbocycles. The first kappa shape index (κ1) is 105. The molecule has 0 rings (SSSR count). The highest BCUT2D eigenvalue weighted by Gasteiger charge is 2.31. The van der Waals surface area contributed by atoms with E-state index < -0.39 is 97.5 Å². The van der Waals surface area contributed by atoms with Crippen molar-refractivity contribution in [2.45, 2.75) is 484 Å². The molecule has 3 N–H and O–H groups in total. The fraction of sp³-hybridized carbons (Fsp3) is 0.955. The van der Waals surface area contributed by atoms with E-state index in [1.165, 1.54) is 270 Å². The Hall–Kier alpha value is -1.94. The first-order valence-corrected chi connectivity index (χ1v) is 48.4. The summed E-state index contributed by atoms with van der Waals surface area (Å²) in [6, 6.07) is 0. The van der Waals surface area contributed by atoms with Gasteiger partial charge < -0.3 is 33.8 Å². The predicted molar refractivity (Wildman–Crippen MR) is 441 cm³/mol. The largest absolute Gasteiger partial charge is 0.472 e. The van der Waals surface area contributed by atoms with Crippen LogP contribution in [0.1, 0.15) is 466 Å². The SMILES string of the molecule is CCCCCCCCCCCCCCCCCCCCCCC(=O)OC[C@H](COP(=O)(O)OC[C@@H](O)COP(=O)(O)OC[C@@H](COC(=O)CCCCCCCCC(C)C)OC(=O)CCCCCCCCCCCCCCCC(C)C)OC(=O)CCCCCCCCCCCCCCCCCCCCC(C)CC. The Morgan fingerprint density at radius 1 is 0.271 bits per heavy atom. The number of phosphoric ester groups is 2. The molecule has 0 aliphatic carbocycles. The van der Waals surface area contributed by atoms with Gasteiger partial charge in [0.1, 0.15) is 19.3 Å². The van der Waals surface area contributed by atoms with E-state index in [1.54, 1.807) is 0 Å². The third kappa shape index (κ3) is 80.5. The van der Waals surface area contributed by atoms with E-state index >= 15 is 0 Å². The van der Waals surface area contributed by atoms with Crippen LogP contribution in [0.3, 0.4) is 0 Å². The number of phosphoric acid groups is 2. The molecule has 3 unspecified atom stereocenters. The van der Waals surface area contributed by atoms with Crippen molar-refractivity contribution in [3.05, 3.63) is 0 Å². The molecule has 0 aromatic rings. The number of aliphatic hydroxyl groups excluding tert-OH is 1. The molecule has 0 radical (unpaired) electrons. The second-order valence-corrected chi connectivity index (χ2v) is 35.7. The van der Waals surface area contributed by atoms with Gasteiger partial charge in [-0.15, -0.1) is 0 Å². The summed E-state index contributed by atoms with van der Waals surface area (Å²) in [4.78, 5) is 73.2. The minimum absolute atomic E-state index is 0.106. The highest BCUT2D eigenvalue weighted by molar-refractivity contribution is 7.47. The number of carbonyl (C=O) groups excluding carboxylic acids is 4. The van der Waals surface area contributed by atoms with Crippen molar-refractivity contribution in [3.8, 4) is 0 Å². The number of unbranched alkanes of at least 4 members (excludes halogenated alkanes) is 53. The van der Waals surface area contributed by atoms with Crippen molar-refractivity contribution in [2.75, 3.05) is 39.6 Å². The standard InChI is InChI=1S/C88H172O17P2/c1-8-10-11-12-13-14-15-16-17-18-19-20-24-27-32-37-42-47-55-62-69-85(90)98-75-83(104-87(92)71-64-57-48-43-38-33-28-25-22-21-23-26-31-36-41-46-54-61-68-81(7)9-2)77-102-106(94,95)100-73-82(89)74-101-107(96,97)103-78-84(76-99-86(91)70-63-56-51-50-53-60-67-80(5)6)105-88(93)72-65-58-49-44-39-34-29-30-35-40-45-52-59-66-79(3)4/h79-84,89H,8-78H2,1-7H3,(H,94,95)(H,96,97)/t81?,82-,83-,84-/m1/s1. The number of carbonyl (C=O) groups is 4. The summed E-state index contributed by atoms with van der Waals surface area (Å²) in [7, 11) is -9.93. The van der Waals surface area contributed by atoms with Crippen LogP contribution < -0.4 is 0 Å². The molecule has 0 aromatic heterocycles. The van der Waals surface area contributed by atoms with Crippen molar-refractivity contribution in [2.24, 2.45) is 17.8 Å². The summed E-state index contributed by atoms with van der Waals surface area (Å²) in [5, 5.41) is 10.7. The average Bonchev–Trinajstić information content (AvgIpc) is 0.961. The molecule has 0 aliphatic heterocycles. The van der Waals surface area contributed by atoms with Crippen LogP contribution in [0, 0.1) is 17.8 Å². The van der Waals surface area contributed by atoms with Gasteiger partial charge in [0.15, 0.2) is 12.2 Å². The third-order valence-electron chi connectivity index (χ3n) is 21.0. The van der Waals surface area contributed by atoms with Gasteiger partial charge in [0.2, 0.25) is 0 Å². The summed E-state index contributed by atoms with van der Waals surface area (Å²) >= 11 is 0. The molecule has 17 nitrogen and oxygen atoms in total. The Morgan fingerprint density at radius 2 is 0.477 bits per heavy atom. The van der Waals surface area contributed by atoms with E-state index in [9.17, 15) is 43.2 Å². The zero-order chi connectivity index (χ0) is 78.6. The molecule has 0 saturated heterocycles. The van der Waals surface area contributed by atoms with Gasteiger partial charge in [-0.1, -0.05) is 414 Å². The number of rotatable bonds is 86. The van der Waals surface area contributed by atoms with Gasteiger partial charge in [0, 0.05) is 25.7 Å². The minimum atomic E-state index is -4.97. The number of ether oxygens (including phenoxy) is 4. The van der Waals surface area contributed by atoms with Crippen molar-refractivity contribution >= 4 is 39.5 Å². The second-order valence-electron chi connectivity index (χ2n) is 32.8. The first-order chi connectivity index (χ1) is 51.8. The third-order valence-corrected chi connectivity index (χ3v) is 22.9. The maximum atomic E-state index is 13.2. The Morgan fingerprint density at radius 3 is 0.710 bits per heavy atom. The molecule has 19 heteroatoms. The quantitative estimate of drug-likeness (QED) is 0.0222. The Bertz CT molecular complexity index is 2060. The van der Waals surface area contributed by atoms with Crippen LogP contribution in [0.5, 0.6) is 0 Å². The van der Waals surface area contributed by atoms with Crippen LogP contribution in [-0.2, 0) is 65.4 Å². The van der Waals surface area contributed by atoms with Crippen LogP contribution >= 0.6 is 15.6 Å². The van der Waals surface area contributed by atoms with E-state index in [-0.39, 0.29) is 25.7 Å². The van der Waals surface area contributed by atoms with Crippen molar-refractivity contribution in [1.29, 1.82) is 0 Å². The molecule has 0 bridgehead atoms. The minimum Gasteiger partial charge on any atom is -0.462 e. The lowest BCUT2D eigenvalue weighted by molar-refractivity contribution is -0.161. The molecule has 0 aliphatic rings. The fourth-order valence-corrected chi connectivity index (χ4v) is 15.3. The molecular formula is C88H172O17P2. The maximum absolute atomic E-state index is 13.2. The van der Waals surface area contributed by atoms with Gasteiger partial charge in [0.25, 0.3) is 0 Å². The van der Waals surface area contributed by atoms with Crippen LogP contribution in [0.15, 0.2) is 0 Å². The summed E-state index contributed by atoms with van der Waals surface area (Å²) in [5.41, 5.74) is 0. The molecule has 107 heavy (non-hydrogen) atoms. The number of esters is 4. The van der Waals surface area contributed by atoms with Crippen molar-refractivity contribution in [3.63, 3.8) is 0 Å². The van der Waals surface area contributed by atoms with E-state index in [0.717, 1.165) is 108 Å². The smallest absolute Gasteiger partial charge is 0.462 e. The summed E-state index contributed by atoms with van der Waals surface area (Å²) in [5.74, 6) is 0.231. The molecule has 0 spiro atoms. The van der Waals surface area contributed by atoms with Gasteiger partial charge in [0.05, 0.1) is 26.4 Å². The molecule has 0 amide bonds. The molecule has 636 valence electrons. The lowest BCUT2D eigenvalue weighted by Crippen LogP contribution is -2.30. The summed E-state index contributed by atoms with van der Waals surface area (Å²) < 4.78 is 68.9. The van der Waals surface area contributed by atoms with E-state index in [0.29, 0.717) is 31.6 Å². The summed E-state index contributed by atoms with van der Waals surface area (Å²) in [6.45, 7) is 12.0. The van der Waals surface area contributed by atoms with E-state index in [1.807, 2.05) is 0 Å². The molecule has 0 saturated carbocycles. The van der Waals surface area contributed by atoms with E-state index in [2.05, 4.69) is 48.5 Å². The topological polar surface area (TPSA) is 237 Å². The Balaban J connectivity index is 5.20. The van der Waals surface area contributed by atoms with Gasteiger partial charge >= 0.3 is 39.5 Å². The number of hydrogen-bond acceptors (Lipinski definition) is 15. The van der Waals surface area contributed by atoms with Crippen LogP contribution in [0.4, 0.5) is 0 Å². The average molecular weight is 1560 g/mol. The predicted octanol–water partition coefficient (Wildman–Crippen LogP) is 26.9. The zero-order valence-electron chi connectivity index (χ0n) is 70.6. The van der Waals surface area contributed by atoms with Crippen molar-refractivity contribution in [1.82, 2.24) is 0 Å². The highest BCUT2D eigenvalue weighted by atomic mass is 31.2. The lowest BCUT2D eigenvalue weighted by Gasteiger charge is -2.21. The van der Waals surface area contributed by atoms with Gasteiger partial charge in [-0.05, 0) is 43.4 Å². The molecule has 0 heterocycles. The number of hydrogen-bond donors (Lipinski definition) is 3.